The molecular formula is C17H13Br2N3O4. The molecule has 0 saturated carbocycles. The minimum Gasteiger partial charge on any atom is -0.421 e. The lowest BCUT2D eigenvalue weighted by atomic mass is 10.2. The highest BCUT2D eigenvalue weighted by atomic mass is 79.9. The zero-order valence-corrected chi connectivity index (χ0v) is 16.5. The quantitative estimate of drug-likeness (QED) is 0.445. The molecule has 134 valence electrons. The zero-order valence-electron chi connectivity index (χ0n) is 13.4. The van der Waals surface area contributed by atoms with Gasteiger partial charge in [-0.25, -0.2) is 9.48 Å². The first-order valence-corrected chi connectivity index (χ1v) is 9.27. The summed E-state index contributed by atoms with van der Waals surface area (Å²) in [5.74, 6) is -0.523. The molecule has 0 unspecified atom stereocenters. The van der Waals surface area contributed by atoms with Crippen molar-refractivity contribution >= 4 is 48.7 Å². The molecular weight excluding hydrogens is 470 g/mol. The fraction of sp³-hybridized carbons (Fsp3) is 0.176. The summed E-state index contributed by atoms with van der Waals surface area (Å²) in [6, 6.07) is 7.99. The lowest BCUT2D eigenvalue weighted by molar-refractivity contribution is 0.0949. The first-order chi connectivity index (χ1) is 12.5. The maximum atomic E-state index is 12.3. The number of aromatic nitrogens is 2. The maximum Gasteiger partial charge on any atom is 0.349 e. The van der Waals surface area contributed by atoms with Crippen LogP contribution in [0.4, 0.5) is 0 Å². The fourth-order valence-corrected chi connectivity index (χ4v) is 3.74. The van der Waals surface area contributed by atoms with Crippen molar-refractivity contribution in [2.45, 2.75) is 13.0 Å². The van der Waals surface area contributed by atoms with Crippen molar-refractivity contribution in [1.29, 1.82) is 0 Å². The van der Waals surface area contributed by atoms with Crippen LogP contribution in [-0.2, 0) is 6.54 Å². The van der Waals surface area contributed by atoms with Crippen LogP contribution in [0.25, 0.3) is 11.0 Å². The standard InChI is InChI=1S/C17H13Br2N3O4/c18-11-7-10-8-12(17(25)26-15(10)13(19)9-11)16(24)20-4-2-6-22-14(23)3-1-5-21-22/h1,3,5,7-9H,2,4,6H2,(H,20,24). The smallest absolute Gasteiger partial charge is 0.349 e. The van der Waals surface area contributed by atoms with Gasteiger partial charge in [0.1, 0.15) is 5.56 Å². The second-order valence-corrected chi connectivity index (χ2v) is 7.22. The largest absolute Gasteiger partial charge is 0.421 e. The number of rotatable bonds is 5. The van der Waals surface area contributed by atoms with Gasteiger partial charge in [0.05, 0.1) is 4.47 Å². The van der Waals surface area contributed by atoms with Gasteiger partial charge in [0.25, 0.3) is 11.5 Å². The van der Waals surface area contributed by atoms with Crippen LogP contribution in [0.15, 0.2) is 59.5 Å². The number of carbonyl (C=O) groups excluding carboxylic acids is 1. The second kappa shape index (κ2) is 7.96. The van der Waals surface area contributed by atoms with E-state index in [4.69, 9.17) is 4.42 Å². The summed E-state index contributed by atoms with van der Waals surface area (Å²) in [5, 5.41) is 7.21. The van der Waals surface area contributed by atoms with Crippen LogP contribution >= 0.6 is 31.9 Å². The summed E-state index contributed by atoms with van der Waals surface area (Å²) >= 11 is 6.68. The molecule has 1 aromatic carbocycles. The van der Waals surface area contributed by atoms with Gasteiger partial charge in [-0.15, -0.1) is 0 Å². The lowest BCUT2D eigenvalue weighted by Crippen LogP contribution is -2.30. The molecule has 0 spiro atoms. The third-order valence-electron chi connectivity index (χ3n) is 3.61. The summed E-state index contributed by atoms with van der Waals surface area (Å²) in [7, 11) is 0. The van der Waals surface area contributed by atoms with E-state index in [2.05, 4.69) is 42.3 Å². The van der Waals surface area contributed by atoms with Crippen molar-refractivity contribution in [2.24, 2.45) is 0 Å². The normalized spacial score (nSPS) is 10.8. The summed E-state index contributed by atoms with van der Waals surface area (Å²) in [5.41, 5.74) is -0.606. The van der Waals surface area contributed by atoms with Crippen molar-refractivity contribution in [3.8, 4) is 0 Å². The van der Waals surface area contributed by atoms with Crippen LogP contribution in [-0.4, -0.2) is 22.2 Å². The molecule has 0 aliphatic rings. The topological polar surface area (TPSA) is 94.2 Å². The Labute approximate surface area is 164 Å². The first kappa shape index (κ1) is 18.5. The highest BCUT2D eigenvalue weighted by Crippen LogP contribution is 2.27. The third-order valence-corrected chi connectivity index (χ3v) is 4.66. The summed E-state index contributed by atoms with van der Waals surface area (Å²) in [6.07, 6.45) is 2.02. The highest BCUT2D eigenvalue weighted by molar-refractivity contribution is 9.11. The number of hydrogen-bond acceptors (Lipinski definition) is 5. The summed E-state index contributed by atoms with van der Waals surface area (Å²) in [6.45, 7) is 0.660. The van der Waals surface area contributed by atoms with Gasteiger partial charge in [0.2, 0.25) is 0 Å². The van der Waals surface area contributed by atoms with E-state index in [1.165, 1.54) is 23.0 Å². The molecule has 0 fully saturated rings. The molecule has 1 N–H and O–H groups in total. The molecule has 3 aromatic rings. The predicted molar refractivity (Wildman–Crippen MR) is 103 cm³/mol. The Morgan fingerprint density at radius 1 is 1.23 bits per heavy atom. The van der Waals surface area contributed by atoms with Gasteiger partial charge in [-0.1, -0.05) is 15.9 Å². The molecule has 2 heterocycles. The number of carbonyl (C=O) groups is 1. The summed E-state index contributed by atoms with van der Waals surface area (Å²) in [4.78, 5) is 35.9. The van der Waals surface area contributed by atoms with Crippen LogP contribution in [0.2, 0.25) is 0 Å². The van der Waals surface area contributed by atoms with Crippen LogP contribution in [0.5, 0.6) is 0 Å². The Balaban J connectivity index is 1.70. The minimum atomic E-state index is -0.709. The molecule has 9 heteroatoms. The SMILES string of the molecule is O=C(NCCCn1ncccc1=O)c1cc2cc(Br)cc(Br)c2oc1=O. The lowest BCUT2D eigenvalue weighted by Gasteiger charge is -2.07. The van der Waals surface area contributed by atoms with Crippen molar-refractivity contribution in [3.63, 3.8) is 0 Å². The maximum absolute atomic E-state index is 12.3. The Hall–Kier alpha value is -2.26. The second-order valence-electron chi connectivity index (χ2n) is 5.45. The number of halogens is 2. The van der Waals surface area contributed by atoms with Gasteiger partial charge in [-0.3, -0.25) is 9.59 Å². The van der Waals surface area contributed by atoms with Crippen LogP contribution in [0.3, 0.4) is 0 Å². The molecule has 0 atom stereocenters. The van der Waals surface area contributed by atoms with Gasteiger partial charge in [0.15, 0.2) is 5.58 Å². The van der Waals surface area contributed by atoms with E-state index in [1.54, 1.807) is 18.2 Å². The van der Waals surface area contributed by atoms with Crippen LogP contribution < -0.4 is 16.5 Å². The molecule has 7 nitrogen and oxygen atoms in total. The fourth-order valence-electron chi connectivity index (χ4n) is 2.40. The number of benzene rings is 1. The van der Waals surface area contributed by atoms with E-state index in [1.807, 2.05) is 0 Å². The van der Waals surface area contributed by atoms with E-state index in [0.29, 0.717) is 35.0 Å². The van der Waals surface area contributed by atoms with Crippen molar-refractivity contribution in [1.82, 2.24) is 15.1 Å². The Bertz CT molecular complexity index is 1090. The average molecular weight is 483 g/mol. The number of amides is 1. The van der Waals surface area contributed by atoms with E-state index in [9.17, 15) is 14.4 Å². The molecule has 1 amide bonds. The molecule has 0 saturated heterocycles. The molecule has 0 aliphatic heterocycles. The van der Waals surface area contributed by atoms with Gasteiger partial charge < -0.3 is 9.73 Å². The van der Waals surface area contributed by atoms with Gasteiger partial charge in [0, 0.05) is 35.2 Å². The summed E-state index contributed by atoms with van der Waals surface area (Å²) < 4.78 is 7.97. The van der Waals surface area contributed by atoms with E-state index in [0.717, 1.165) is 4.47 Å². The Morgan fingerprint density at radius 2 is 2.04 bits per heavy atom. The number of hydrogen-bond donors (Lipinski definition) is 1. The van der Waals surface area contributed by atoms with Gasteiger partial charge in [-0.2, -0.15) is 5.10 Å². The Morgan fingerprint density at radius 3 is 2.81 bits per heavy atom. The number of fused-ring (bicyclic) bond motifs is 1. The number of nitrogens with one attached hydrogen (secondary N) is 1. The number of aryl methyl sites for hydroxylation is 1. The monoisotopic (exact) mass is 481 g/mol. The highest BCUT2D eigenvalue weighted by Gasteiger charge is 2.15. The average Bonchev–Trinajstić information content (AvgIpc) is 2.60. The molecule has 2 aromatic heterocycles. The molecule has 0 bridgehead atoms. The van der Waals surface area contributed by atoms with Gasteiger partial charge >= 0.3 is 5.63 Å². The van der Waals surface area contributed by atoms with Crippen molar-refractivity contribution < 1.29 is 9.21 Å². The van der Waals surface area contributed by atoms with Crippen LogP contribution in [0.1, 0.15) is 16.8 Å². The number of nitrogens with zero attached hydrogens (tertiary/aromatic N) is 2. The van der Waals surface area contributed by atoms with E-state index >= 15 is 0 Å². The first-order valence-electron chi connectivity index (χ1n) is 7.69. The minimum absolute atomic E-state index is 0.0718. The van der Waals surface area contributed by atoms with Crippen molar-refractivity contribution in [3.05, 3.63) is 71.8 Å². The molecule has 0 radical (unpaired) electrons. The van der Waals surface area contributed by atoms with Crippen LogP contribution in [0, 0.1) is 0 Å². The predicted octanol–water partition coefficient (Wildman–Crippen LogP) is 2.69. The van der Waals surface area contributed by atoms with E-state index in [-0.39, 0.29) is 11.1 Å². The zero-order chi connectivity index (χ0) is 18.7. The molecule has 26 heavy (non-hydrogen) atoms. The molecule has 3 rings (SSSR count). The van der Waals surface area contributed by atoms with Crippen molar-refractivity contribution in [2.75, 3.05) is 6.54 Å². The Kier molecular flexibility index (Phi) is 5.67. The third kappa shape index (κ3) is 4.10. The molecule has 0 aliphatic carbocycles. The van der Waals surface area contributed by atoms with E-state index < -0.39 is 11.5 Å². The van der Waals surface area contributed by atoms with Gasteiger partial charge in [-0.05, 0) is 46.6 Å².